The highest BCUT2D eigenvalue weighted by molar-refractivity contribution is 5.38. The highest BCUT2D eigenvalue weighted by Crippen LogP contribution is 2.22. The van der Waals surface area contributed by atoms with Gasteiger partial charge in [0.2, 0.25) is 0 Å². The minimum absolute atomic E-state index is 0.460. The quantitative estimate of drug-likeness (QED) is 0.788. The molecule has 0 aliphatic heterocycles. The molecule has 3 aromatic heterocycles. The van der Waals surface area contributed by atoms with E-state index in [1.165, 1.54) is 0 Å². The number of hydrogen-bond donors (Lipinski definition) is 1. The van der Waals surface area contributed by atoms with E-state index >= 15 is 0 Å². The molecule has 0 aromatic carbocycles. The van der Waals surface area contributed by atoms with E-state index in [1.54, 1.807) is 36.9 Å². The Balaban J connectivity index is 1.86. The van der Waals surface area contributed by atoms with E-state index in [1.807, 2.05) is 23.8 Å². The molecule has 6 heteroatoms. The Morgan fingerprint density at radius 3 is 2.70 bits per heavy atom. The van der Waals surface area contributed by atoms with E-state index in [9.17, 15) is 0 Å². The van der Waals surface area contributed by atoms with Crippen LogP contribution >= 0.6 is 0 Å². The molecule has 0 amide bonds. The monoisotopic (exact) mass is 267 g/mol. The fourth-order valence-corrected chi connectivity index (χ4v) is 1.74. The molecular weight excluding hydrogens is 254 g/mol. The first kappa shape index (κ1) is 12.2. The lowest BCUT2D eigenvalue weighted by atomic mass is 10.4. The van der Waals surface area contributed by atoms with Gasteiger partial charge in [0.05, 0.1) is 11.9 Å². The largest absolute Gasteiger partial charge is 0.456 e. The van der Waals surface area contributed by atoms with Crippen LogP contribution in [0.1, 0.15) is 5.69 Å². The van der Waals surface area contributed by atoms with Gasteiger partial charge in [-0.05, 0) is 25.1 Å². The van der Waals surface area contributed by atoms with Crippen molar-refractivity contribution in [1.82, 2.24) is 19.5 Å². The van der Waals surface area contributed by atoms with Gasteiger partial charge in [0.25, 0.3) is 0 Å². The summed E-state index contributed by atoms with van der Waals surface area (Å²) in [4.78, 5) is 12.4. The van der Waals surface area contributed by atoms with Crippen molar-refractivity contribution in [2.75, 3.05) is 5.73 Å². The smallest absolute Gasteiger partial charge is 0.145 e. The number of nitrogen functional groups attached to an aromatic ring is 1. The molecule has 3 rings (SSSR count). The number of pyridine rings is 2. The molecule has 3 aromatic rings. The summed E-state index contributed by atoms with van der Waals surface area (Å²) in [5.74, 6) is 2.50. The SMILES string of the molecule is Cc1cn(-c2cc(Oc3ccc(N)nc3)ccn2)cn1. The van der Waals surface area contributed by atoms with Crippen molar-refractivity contribution in [3.8, 4) is 17.3 Å². The van der Waals surface area contributed by atoms with E-state index in [4.69, 9.17) is 10.5 Å². The fourth-order valence-electron chi connectivity index (χ4n) is 1.74. The topological polar surface area (TPSA) is 78.9 Å². The maximum Gasteiger partial charge on any atom is 0.145 e. The number of anilines is 1. The second-order valence-corrected chi connectivity index (χ2v) is 4.29. The van der Waals surface area contributed by atoms with Gasteiger partial charge in [0.1, 0.15) is 29.5 Å². The minimum atomic E-state index is 0.460. The first-order valence-electron chi connectivity index (χ1n) is 6.07. The molecular formula is C14H13N5O. The van der Waals surface area contributed by atoms with Crippen molar-refractivity contribution in [3.05, 3.63) is 54.9 Å². The summed E-state index contributed by atoms with van der Waals surface area (Å²) in [6, 6.07) is 7.07. The normalized spacial score (nSPS) is 10.4. The van der Waals surface area contributed by atoms with E-state index in [0.717, 1.165) is 11.5 Å². The molecule has 0 saturated heterocycles. The summed E-state index contributed by atoms with van der Waals surface area (Å²) in [5.41, 5.74) is 6.47. The van der Waals surface area contributed by atoms with Crippen LogP contribution in [-0.2, 0) is 0 Å². The number of ether oxygens (including phenoxy) is 1. The predicted molar refractivity (Wildman–Crippen MR) is 74.8 cm³/mol. The Hall–Kier alpha value is -2.89. The van der Waals surface area contributed by atoms with Crippen LogP contribution in [0.4, 0.5) is 5.82 Å². The highest BCUT2D eigenvalue weighted by Gasteiger charge is 2.03. The molecule has 0 radical (unpaired) electrons. The molecule has 0 fully saturated rings. The molecule has 0 saturated carbocycles. The summed E-state index contributed by atoms with van der Waals surface area (Å²) >= 11 is 0. The number of aromatic nitrogens is 4. The van der Waals surface area contributed by atoms with Gasteiger partial charge in [-0.2, -0.15) is 0 Å². The summed E-state index contributed by atoms with van der Waals surface area (Å²) in [6.45, 7) is 1.93. The molecule has 20 heavy (non-hydrogen) atoms. The van der Waals surface area contributed by atoms with E-state index in [0.29, 0.717) is 17.3 Å². The van der Waals surface area contributed by atoms with Crippen LogP contribution in [0.2, 0.25) is 0 Å². The number of nitrogens with zero attached hydrogens (tertiary/aromatic N) is 4. The number of aryl methyl sites for hydroxylation is 1. The number of nitrogens with two attached hydrogens (primary N) is 1. The van der Waals surface area contributed by atoms with Crippen LogP contribution in [0, 0.1) is 6.92 Å². The second-order valence-electron chi connectivity index (χ2n) is 4.29. The minimum Gasteiger partial charge on any atom is -0.456 e. The fraction of sp³-hybridized carbons (Fsp3) is 0.0714. The Bertz CT molecular complexity index is 720. The average Bonchev–Trinajstić information content (AvgIpc) is 2.89. The van der Waals surface area contributed by atoms with E-state index in [2.05, 4.69) is 15.0 Å². The Kier molecular flexibility index (Phi) is 3.04. The molecule has 6 nitrogen and oxygen atoms in total. The van der Waals surface area contributed by atoms with Crippen molar-refractivity contribution in [2.45, 2.75) is 6.92 Å². The summed E-state index contributed by atoms with van der Waals surface area (Å²) in [5, 5.41) is 0. The average molecular weight is 267 g/mol. The van der Waals surface area contributed by atoms with Gasteiger partial charge in [-0.1, -0.05) is 0 Å². The Morgan fingerprint density at radius 2 is 2.00 bits per heavy atom. The third-order valence-corrected chi connectivity index (χ3v) is 2.69. The zero-order valence-electron chi connectivity index (χ0n) is 10.9. The van der Waals surface area contributed by atoms with Crippen molar-refractivity contribution in [3.63, 3.8) is 0 Å². The molecule has 0 aliphatic rings. The molecule has 0 spiro atoms. The third-order valence-electron chi connectivity index (χ3n) is 2.69. The van der Waals surface area contributed by atoms with Gasteiger partial charge >= 0.3 is 0 Å². The lowest BCUT2D eigenvalue weighted by Crippen LogP contribution is -1.95. The van der Waals surface area contributed by atoms with Crippen LogP contribution in [-0.4, -0.2) is 19.5 Å². The molecule has 100 valence electrons. The van der Waals surface area contributed by atoms with Gasteiger partial charge in [-0.3, -0.25) is 4.57 Å². The first-order chi connectivity index (χ1) is 9.70. The molecule has 3 heterocycles. The summed E-state index contributed by atoms with van der Waals surface area (Å²) in [7, 11) is 0. The highest BCUT2D eigenvalue weighted by atomic mass is 16.5. The summed E-state index contributed by atoms with van der Waals surface area (Å²) < 4.78 is 7.55. The van der Waals surface area contributed by atoms with Gasteiger partial charge < -0.3 is 10.5 Å². The van der Waals surface area contributed by atoms with Gasteiger partial charge in [0, 0.05) is 18.5 Å². The van der Waals surface area contributed by atoms with Crippen molar-refractivity contribution >= 4 is 5.82 Å². The zero-order valence-corrected chi connectivity index (χ0v) is 10.9. The summed E-state index contributed by atoms with van der Waals surface area (Å²) in [6.07, 6.45) is 6.88. The van der Waals surface area contributed by atoms with Crippen molar-refractivity contribution in [1.29, 1.82) is 0 Å². The van der Waals surface area contributed by atoms with Gasteiger partial charge in [-0.15, -0.1) is 0 Å². The van der Waals surface area contributed by atoms with Crippen LogP contribution in [0.25, 0.3) is 5.82 Å². The third kappa shape index (κ3) is 2.59. The Labute approximate surface area is 115 Å². The number of hydrogen-bond acceptors (Lipinski definition) is 5. The molecule has 0 bridgehead atoms. The standard InChI is InChI=1S/C14H13N5O/c1-10-8-19(9-18-10)14-6-11(4-5-16-14)20-12-2-3-13(15)17-7-12/h2-9H,1H3,(H2,15,17). The lowest BCUT2D eigenvalue weighted by Gasteiger charge is -2.07. The van der Waals surface area contributed by atoms with Crippen LogP contribution in [0.3, 0.4) is 0 Å². The van der Waals surface area contributed by atoms with E-state index in [-0.39, 0.29) is 0 Å². The van der Waals surface area contributed by atoms with Crippen LogP contribution in [0.5, 0.6) is 11.5 Å². The maximum atomic E-state index is 5.71. The van der Waals surface area contributed by atoms with Crippen molar-refractivity contribution < 1.29 is 4.74 Å². The maximum absolute atomic E-state index is 5.71. The Morgan fingerprint density at radius 1 is 1.10 bits per heavy atom. The number of rotatable bonds is 3. The number of imidazole rings is 1. The molecule has 0 unspecified atom stereocenters. The van der Waals surface area contributed by atoms with Gasteiger partial charge in [-0.25, -0.2) is 15.0 Å². The van der Waals surface area contributed by atoms with Crippen LogP contribution in [0.15, 0.2) is 49.2 Å². The molecule has 2 N–H and O–H groups in total. The zero-order chi connectivity index (χ0) is 13.9. The first-order valence-corrected chi connectivity index (χ1v) is 6.07. The lowest BCUT2D eigenvalue weighted by molar-refractivity contribution is 0.479. The molecule has 0 atom stereocenters. The predicted octanol–water partition coefficient (Wildman–Crippen LogP) is 2.35. The van der Waals surface area contributed by atoms with Gasteiger partial charge in [0.15, 0.2) is 0 Å². The second kappa shape index (κ2) is 5.00. The van der Waals surface area contributed by atoms with E-state index < -0.39 is 0 Å². The molecule has 0 aliphatic carbocycles. The van der Waals surface area contributed by atoms with Crippen LogP contribution < -0.4 is 10.5 Å². The van der Waals surface area contributed by atoms with Crippen molar-refractivity contribution in [2.24, 2.45) is 0 Å².